The second-order valence-corrected chi connectivity index (χ2v) is 17.6. The standard InChI is InChI=1S/C33H52O3S2/c1-16-36-28-25(31(8,9)10)19-22(20-26(28)32(11,12)13)38-33(14,35-15)37-21-17-23(29(2,3)4)27(34)24(18-21)30(5,6)7/h17-20,34H,16H2,1-15H3. The molecule has 2 rings (SSSR count). The van der Waals surface area contributed by atoms with E-state index >= 15 is 0 Å². The third kappa shape index (κ3) is 7.88. The highest BCUT2D eigenvalue weighted by Crippen LogP contribution is 2.51. The predicted molar refractivity (Wildman–Crippen MR) is 168 cm³/mol. The smallest absolute Gasteiger partial charge is 0.166 e. The quantitative estimate of drug-likeness (QED) is 0.269. The van der Waals surface area contributed by atoms with E-state index < -0.39 is 4.27 Å². The van der Waals surface area contributed by atoms with E-state index in [2.05, 4.69) is 121 Å². The summed E-state index contributed by atoms with van der Waals surface area (Å²) in [6, 6.07) is 8.82. The number of phenolic OH excluding ortho intramolecular Hbond substituents is 1. The molecule has 2 aromatic carbocycles. The zero-order valence-corrected chi connectivity index (χ0v) is 28.2. The first kappa shape index (κ1) is 32.9. The number of phenols is 1. The van der Waals surface area contributed by atoms with Crippen molar-refractivity contribution in [3.63, 3.8) is 0 Å². The van der Waals surface area contributed by atoms with Gasteiger partial charge < -0.3 is 14.6 Å². The molecule has 0 aliphatic carbocycles. The summed E-state index contributed by atoms with van der Waals surface area (Å²) >= 11 is 3.42. The van der Waals surface area contributed by atoms with Crippen molar-refractivity contribution in [1.29, 1.82) is 0 Å². The number of hydrogen-bond donors (Lipinski definition) is 1. The summed E-state index contributed by atoms with van der Waals surface area (Å²) in [4.78, 5) is 2.25. The van der Waals surface area contributed by atoms with Gasteiger partial charge in [-0.15, -0.1) is 0 Å². The van der Waals surface area contributed by atoms with Crippen molar-refractivity contribution in [1.82, 2.24) is 0 Å². The molecule has 3 nitrogen and oxygen atoms in total. The normalized spacial score (nSPS) is 14.9. The maximum Gasteiger partial charge on any atom is 0.166 e. The van der Waals surface area contributed by atoms with Crippen molar-refractivity contribution in [3.05, 3.63) is 46.5 Å². The summed E-state index contributed by atoms with van der Waals surface area (Å²) in [5.41, 5.74) is 3.84. The second kappa shape index (κ2) is 11.3. The zero-order chi connectivity index (χ0) is 29.5. The van der Waals surface area contributed by atoms with Crippen molar-refractivity contribution in [2.75, 3.05) is 13.7 Å². The molecule has 0 saturated carbocycles. The number of thioether (sulfide) groups is 2. The molecule has 0 saturated heterocycles. The topological polar surface area (TPSA) is 38.7 Å². The predicted octanol–water partition coefficient (Wildman–Crippen LogP) is 10.2. The van der Waals surface area contributed by atoms with Crippen LogP contribution in [-0.4, -0.2) is 23.1 Å². The van der Waals surface area contributed by atoms with E-state index in [4.69, 9.17) is 9.47 Å². The van der Waals surface area contributed by atoms with Gasteiger partial charge in [0.2, 0.25) is 0 Å². The molecule has 1 N–H and O–H groups in total. The fourth-order valence-corrected chi connectivity index (χ4v) is 6.89. The van der Waals surface area contributed by atoms with Gasteiger partial charge in [-0.05, 0) is 59.8 Å². The molecule has 214 valence electrons. The van der Waals surface area contributed by atoms with E-state index in [1.165, 1.54) is 11.1 Å². The average molecular weight is 561 g/mol. The number of ether oxygens (including phenoxy) is 2. The highest BCUT2D eigenvalue weighted by molar-refractivity contribution is 8.18. The van der Waals surface area contributed by atoms with Crippen LogP contribution in [0.2, 0.25) is 0 Å². The minimum atomic E-state index is -0.585. The maximum atomic E-state index is 11.2. The molecule has 0 heterocycles. The molecule has 1 atom stereocenters. The Bertz CT molecular complexity index is 1050. The fraction of sp³-hybridized carbons (Fsp3) is 0.636. The van der Waals surface area contributed by atoms with Crippen molar-refractivity contribution >= 4 is 23.5 Å². The van der Waals surface area contributed by atoms with E-state index in [0.717, 1.165) is 26.7 Å². The van der Waals surface area contributed by atoms with Crippen molar-refractivity contribution in [2.24, 2.45) is 0 Å². The van der Waals surface area contributed by atoms with Gasteiger partial charge in [0.25, 0.3) is 0 Å². The number of hydrogen-bond acceptors (Lipinski definition) is 5. The molecule has 0 aliphatic rings. The zero-order valence-electron chi connectivity index (χ0n) is 26.6. The monoisotopic (exact) mass is 560 g/mol. The summed E-state index contributed by atoms with van der Waals surface area (Å²) in [6.07, 6.45) is 0. The molecule has 1 unspecified atom stereocenters. The van der Waals surface area contributed by atoms with Gasteiger partial charge in [0.15, 0.2) is 4.27 Å². The van der Waals surface area contributed by atoms with Crippen molar-refractivity contribution < 1.29 is 14.6 Å². The van der Waals surface area contributed by atoms with Crippen LogP contribution in [-0.2, 0) is 26.4 Å². The molecule has 0 radical (unpaired) electrons. The Morgan fingerprint density at radius 3 is 1.18 bits per heavy atom. The van der Waals surface area contributed by atoms with E-state index in [1.54, 1.807) is 30.6 Å². The fourth-order valence-electron chi connectivity index (χ4n) is 4.42. The van der Waals surface area contributed by atoms with Gasteiger partial charge >= 0.3 is 0 Å². The third-order valence-corrected chi connectivity index (χ3v) is 9.16. The number of benzene rings is 2. The molecular weight excluding hydrogens is 508 g/mol. The lowest BCUT2D eigenvalue weighted by atomic mass is 9.79. The van der Waals surface area contributed by atoms with Gasteiger partial charge in [0, 0.05) is 39.2 Å². The molecule has 0 aromatic heterocycles. The van der Waals surface area contributed by atoms with Crippen molar-refractivity contribution in [3.8, 4) is 11.5 Å². The minimum absolute atomic E-state index is 0.0716. The first-order chi connectivity index (χ1) is 17.0. The molecule has 38 heavy (non-hydrogen) atoms. The molecule has 5 heteroatoms. The van der Waals surface area contributed by atoms with Crippen LogP contribution >= 0.6 is 23.5 Å². The van der Waals surface area contributed by atoms with Gasteiger partial charge in [-0.3, -0.25) is 0 Å². The van der Waals surface area contributed by atoms with Crippen LogP contribution in [0.15, 0.2) is 34.1 Å². The van der Waals surface area contributed by atoms with E-state index in [-0.39, 0.29) is 21.7 Å². The highest BCUT2D eigenvalue weighted by Gasteiger charge is 2.34. The van der Waals surface area contributed by atoms with Gasteiger partial charge in [-0.2, -0.15) is 0 Å². The van der Waals surface area contributed by atoms with Gasteiger partial charge in [-0.25, -0.2) is 0 Å². The summed E-state index contributed by atoms with van der Waals surface area (Å²) in [6.45, 7) is 31.2. The Kier molecular flexibility index (Phi) is 9.78. The molecule has 0 fully saturated rings. The molecule has 0 bridgehead atoms. The Morgan fingerprint density at radius 2 is 0.921 bits per heavy atom. The highest BCUT2D eigenvalue weighted by atomic mass is 32.2. The Labute approximate surface area is 241 Å². The van der Waals surface area contributed by atoms with Crippen LogP contribution in [0.3, 0.4) is 0 Å². The SMILES string of the molecule is CCOc1c(C(C)(C)C)cc(SC(C)(OC)Sc2cc(C(C)(C)C)c(O)c(C(C)(C)C)c2)cc1C(C)(C)C. The first-order valence-electron chi connectivity index (χ1n) is 13.7. The van der Waals surface area contributed by atoms with Crippen LogP contribution in [0.4, 0.5) is 0 Å². The van der Waals surface area contributed by atoms with Crippen LogP contribution in [0.25, 0.3) is 0 Å². The largest absolute Gasteiger partial charge is 0.507 e. The van der Waals surface area contributed by atoms with Crippen LogP contribution in [0.1, 0.15) is 119 Å². The Hall–Kier alpha value is -1.30. The van der Waals surface area contributed by atoms with Crippen LogP contribution < -0.4 is 4.74 Å². The summed E-state index contributed by atoms with van der Waals surface area (Å²) < 4.78 is 11.9. The van der Waals surface area contributed by atoms with E-state index in [0.29, 0.717) is 12.4 Å². The summed E-state index contributed by atoms with van der Waals surface area (Å²) in [7, 11) is 1.78. The summed E-state index contributed by atoms with van der Waals surface area (Å²) in [5, 5.41) is 11.2. The van der Waals surface area contributed by atoms with Gasteiger partial charge in [0.05, 0.1) is 6.61 Å². The molecule has 2 aromatic rings. The molecular formula is C33H52O3S2. The van der Waals surface area contributed by atoms with E-state index in [9.17, 15) is 5.11 Å². The average Bonchev–Trinajstić information content (AvgIpc) is 2.72. The Morgan fingerprint density at radius 1 is 0.605 bits per heavy atom. The van der Waals surface area contributed by atoms with Gasteiger partial charge in [-0.1, -0.05) is 107 Å². The molecule has 0 amide bonds. The van der Waals surface area contributed by atoms with Crippen LogP contribution in [0.5, 0.6) is 11.5 Å². The number of methoxy groups -OCH3 is 1. The molecule has 0 spiro atoms. The summed E-state index contributed by atoms with van der Waals surface area (Å²) in [5.74, 6) is 1.41. The van der Waals surface area contributed by atoms with Gasteiger partial charge in [0.1, 0.15) is 11.5 Å². The van der Waals surface area contributed by atoms with Crippen LogP contribution in [0, 0.1) is 0 Å². The number of rotatable bonds is 7. The third-order valence-electron chi connectivity index (χ3n) is 6.64. The number of aromatic hydroxyl groups is 1. The lowest BCUT2D eigenvalue weighted by Gasteiger charge is -2.33. The van der Waals surface area contributed by atoms with Crippen molar-refractivity contribution in [2.45, 2.75) is 133 Å². The Balaban J connectivity index is 2.67. The first-order valence-corrected chi connectivity index (χ1v) is 15.3. The minimum Gasteiger partial charge on any atom is -0.507 e. The lowest BCUT2D eigenvalue weighted by Crippen LogP contribution is -2.22. The lowest BCUT2D eigenvalue weighted by molar-refractivity contribution is 0.161. The van der Waals surface area contributed by atoms with E-state index in [1.807, 2.05) is 0 Å². The second-order valence-electron chi connectivity index (χ2n) is 14.4. The maximum absolute atomic E-state index is 11.2. The molecule has 0 aliphatic heterocycles.